The summed E-state index contributed by atoms with van der Waals surface area (Å²) >= 11 is 0. The highest BCUT2D eigenvalue weighted by molar-refractivity contribution is 5.89. The van der Waals surface area contributed by atoms with Crippen molar-refractivity contribution in [3.05, 3.63) is 11.6 Å². The molecule has 1 heterocycles. The highest BCUT2D eigenvalue weighted by Gasteiger charge is 2.64. The Morgan fingerprint density at radius 2 is 1.96 bits per heavy atom. The molecule has 1 N–H and O–H groups in total. The van der Waals surface area contributed by atoms with Crippen molar-refractivity contribution in [2.75, 3.05) is 0 Å². The molecule has 0 bridgehead atoms. The van der Waals surface area contributed by atoms with Crippen LogP contribution in [-0.4, -0.2) is 29.1 Å². The summed E-state index contributed by atoms with van der Waals surface area (Å²) in [5.74, 6) is 1.63. The van der Waals surface area contributed by atoms with Gasteiger partial charge in [0.2, 0.25) is 0 Å². The van der Waals surface area contributed by atoms with Crippen molar-refractivity contribution in [2.45, 2.75) is 71.0 Å². The maximum Gasteiger partial charge on any atom is 0.331 e. The van der Waals surface area contributed by atoms with Crippen molar-refractivity contribution < 1.29 is 19.4 Å². The molecule has 4 nitrogen and oxygen atoms in total. The van der Waals surface area contributed by atoms with Gasteiger partial charge in [-0.05, 0) is 67.3 Å². The molecule has 136 valence electrons. The van der Waals surface area contributed by atoms with E-state index in [1.165, 1.54) is 0 Å². The Kier molecular flexibility index (Phi) is 3.19. The summed E-state index contributed by atoms with van der Waals surface area (Å²) in [5, 5.41) is 10.1. The molecule has 5 aliphatic rings. The molecule has 0 amide bonds. The van der Waals surface area contributed by atoms with E-state index in [0.717, 1.165) is 44.1 Å². The summed E-state index contributed by atoms with van der Waals surface area (Å²) in [4.78, 5) is 25.1. The lowest BCUT2D eigenvalue weighted by Gasteiger charge is -2.59. The number of ether oxygens (including phenoxy) is 1. The maximum atomic E-state index is 13.4. The smallest absolute Gasteiger partial charge is 0.331 e. The lowest BCUT2D eigenvalue weighted by molar-refractivity contribution is -0.158. The number of Topliss-reactive ketones (excluding diaryl/α,β-unsaturated/α-hetero) is 1. The molecule has 4 heteroatoms. The summed E-state index contributed by atoms with van der Waals surface area (Å²) in [7, 11) is 0. The molecule has 0 saturated heterocycles. The van der Waals surface area contributed by atoms with Crippen molar-refractivity contribution in [1.29, 1.82) is 0 Å². The second kappa shape index (κ2) is 4.97. The van der Waals surface area contributed by atoms with Gasteiger partial charge in [0.1, 0.15) is 11.9 Å². The predicted octanol–water partition coefficient (Wildman–Crippen LogP) is 3.03. The Morgan fingerprint density at radius 3 is 2.76 bits per heavy atom. The standard InChI is InChI=1S/C21H28O4/c1-20-6-5-12(22)7-11(20)3-4-13-14-8-17-15(9-18(24)25-17)21(14,2)10-16(23)19(13)20/h9,11-14,17,19,22H,3-8,10H2,1-2H3. The van der Waals surface area contributed by atoms with Crippen molar-refractivity contribution in [3.8, 4) is 0 Å². The van der Waals surface area contributed by atoms with Crippen LogP contribution >= 0.6 is 0 Å². The number of aliphatic hydroxyl groups is 1. The first-order valence-electron chi connectivity index (χ1n) is 9.96. The number of carbonyl (C=O) groups excluding carboxylic acids is 2. The number of rotatable bonds is 0. The number of hydrogen-bond acceptors (Lipinski definition) is 4. The van der Waals surface area contributed by atoms with Crippen LogP contribution in [0.25, 0.3) is 0 Å². The molecule has 0 radical (unpaired) electrons. The first-order chi connectivity index (χ1) is 11.8. The van der Waals surface area contributed by atoms with E-state index in [1.54, 1.807) is 6.08 Å². The van der Waals surface area contributed by atoms with Crippen LogP contribution < -0.4 is 0 Å². The van der Waals surface area contributed by atoms with E-state index in [-0.39, 0.29) is 34.9 Å². The zero-order valence-electron chi connectivity index (χ0n) is 15.2. The molecule has 4 saturated carbocycles. The van der Waals surface area contributed by atoms with Crippen molar-refractivity contribution >= 4 is 11.8 Å². The van der Waals surface area contributed by atoms with Gasteiger partial charge in [0.25, 0.3) is 0 Å². The number of aliphatic hydroxyl groups excluding tert-OH is 1. The number of esters is 1. The zero-order chi connectivity index (χ0) is 17.6. The molecule has 8 unspecified atom stereocenters. The number of ketones is 1. The van der Waals surface area contributed by atoms with Gasteiger partial charge in [0.05, 0.1) is 6.10 Å². The van der Waals surface area contributed by atoms with Gasteiger partial charge in [-0.3, -0.25) is 4.79 Å². The predicted molar refractivity (Wildman–Crippen MR) is 91.5 cm³/mol. The lowest BCUT2D eigenvalue weighted by Crippen LogP contribution is -2.57. The second-order valence-corrected chi connectivity index (χ2v) is 9.78. The summed E-state index contributed by atoms with van der Waals surface area (Å²) in [6.45, 7) is 4.51. The van der Waals surface area contributed by atoms with Crippen LogP contribution in [0.5, 0.6) is 0 Å². The molecule has 0 spiro atoms. The average Bonchev–Trinajstić information content (AvgIpc) is 3.03. The van der Waals surface area contributed by atoms with Gasteiger partial charge in [0, 0.05) is 23.8 Å². The first kappa shape index (κ1) is 16.0. The van der Waals surface area contributed by atoms with Crippen molar-refractivity contribution in [2.24, 2.45) is 34.5 Å². The Bertz CT molecular complexity index is 681. The maximum absolute atomic E-state index is 13.4. The molecule has 8 atom stereocenters. The van der Waals surface area contributed by atoms with Gasteiger partial charge in [-0.15, -0.1) is 0 Å². The van der Waals surface area contributed by atoms with Crippen LogP contribution in [0.2, 0.25) is 0 Å². The van der Waals surface area contributed by atoms with E-state index in [0.29, 0.717) is 30.0 Å². The molecule has 0 aromatic rings. The average molecular weight is 344 g/mol. The molecular weight excluding hydrogens is 316 g/mol. The fourth-order valence-electron chi connectivity index (χ4n) is 7.57. The van der Waals surface area contributed by atoms with E-state index in [4.69, 9.17) is 4.74 Å². The minimum absolute atomic E-state index is 0.0450. The number of fused-ring (bicyclic) bond motifs is 7. The van der Waals surface area contributed by atoms with E-state index >= 15 is 0 Å². The molecule has 4 fully saturated rings. The van der Waals surface area contributed by atoms with Crippen molar-refractivity contribution in [3.63, 3.8) is 0 Å². The fraction of sp³-hybridized carbons (Fsp3) is 0.810. The third-order valence-corrected chi connectivity index (χ3v) is 8.72. The topological polar surface area (TPSA) is 63.6 Å². The van der Waals surface area contributed by atoms with E-state index in [2.05, 4.69) is 13.8 Å². The number of carbonyl (C=O) groups is 2. The normalized spacial score (nSPS) is 54.1. The molecule has 0 aromatic carbocycles. The van der Waals surface area contributed by atoms with E-state index in [9.17, 15) is 14.7 Å². The molecule has 0 aromatic heterocycles. The summed E-state index contributed by atoms with van der Waals surface area (Å²) in [5.41, 5.74) is 0.941. The van der Waals surface area contributed by atoms with Gasteiger partial charge in [-0.2, -0.15) is 0 Å². The SMILES string of the molecule is CC12CC(=O)C3C(CCC4CC(O)CCC43C)C1CC1OC(=O)C=C12. The molecule has 4 aliphatic carbocycles. The minimum atomic E-state index is -0.230. The first-order valence-corrected chi connectivity index (χ1v) is 9.96. The van der Waals surface area contributed by atoms with Crippen LogP contribution in [0.3, 0.4) is 0 Å². The largest absolute Gasteiger partial charge is 0.455 e. The molecule has 1 aliphatic heterocycles. The monoisotopic (exact) mass is 344 g/mol. The van der Waals surface area contributed by atoms with Crippen LogP contribution in [0.4, 0.5) is 0 Å². The Labute approximate surface area is 149 Å². The number of hydrogen-bond donors (Lipinski definition) is 1. The highest BCUT2D eigenvalue weighted by Crippen LogP contribution is 2.67. The van der Waals surface area contributed by atoms with Crippen LogP contribution in [0, 0.1) is 34.5 Å². The lowest BCUT2D eigenvalue weighted by atomic mass is 9.44. The quantitative estimate of drug-likeness (QED) is 0.686. The van der Waals surface area contributed by atoms with E-state index in [1.807, 2.05) is 0 Å². The summed E-state index contributed by atoms with van der Waals surface area (Å²) < 4.78 is 5.53. The fourth-order valence-corrected chi connectivity index (χ4v) is 7.57. The van der Waals surface area contributed by atoms with Gasteiger partial charge < -0.3 is 9.84 Å². The minimum Gasteiger partial charge on any atom is -0.455 e. The summed E-state index contributed by atoms with van der Waals surface area (Å²) in [6.07, 6.45) is 7.71. The second-order valence-electron chi connectivity index (χ2n) is 9.78. The zero-order valence-corrected chi connectivity index (χ0v) is 15.2. The van der Waals surface area contributed by atoms with Gasteiger partial charge in [0.15, 0.2) is 0 Å². The highest BCUT2D eigenvalue weighted by atomic mass is 16.5. The van der Waals surface area contributed by atoms with Crippen molar-refractivity contribution in [1.82, 2.24) is 0 Å². The Hall–Kier alpha value is -1.16. The van der Waals surface area contributed by atoms with Gasteiger partial charge >= 0.3 is 5.97 Å². The Morgan fingerprint density at radius 1 is 1.16 bits per heavy atom. The molecular formula is C21H28O4. The van der Waals surface area contributed by atoms with Crippen LogP contribution in [0.1, 0.15) is 58.8 Å². The molecule has 5 rings (SSSR count). The van der Waals surface area contributed by atoms with Gasteiger partial charge in [-0.1, -0.05) is 13.8 Å². The summed E-state index contributed by atoms with van der Waals surface area (Å²) in [6, 6.07) is 0. The third-order valence-electron chi connectivity index (χ3n) is 8.72. The van der Waals surface area contributed by atoms with E-state index < -0.39 is 0 Å². The van der Waals surface area contributed by atoms with Crippen LogP contribution in [-0.2, 0) is 14.3 Å². The Balaban J connectivity index is 1.53. The molecule has 25 heavy (non-hydrogen) atoms. The van der Waals surface area contributed by atoms with Crippen LogP contribution in [0.15, 0.2) is 11.6 Å². The van der Waals surface area contributed by atoms with Gasteiger partial charge in [-0.25, -0.2) is 4.79 Å². The third kappa shape index (κ3) is 1.98.